The van der Waals surface area contributed by atoms with E-state index in [0.29, 0.717) is 5.92 Å². The monoisotopic (exact) mass is 279 g/mol. The van der Waals surface area contributed by atoms with Crippen LogP contribution >= 0.6 is 0 Å². The Balaban J connectivity index is 2.25. The van der Waals surface area contributed by atoms with E-state index in [9.17, 15) is 0 Å². The molecule has 0 aliphatic carbocycles. The van der Waals surface area contributed by atoms with Crippen LogP contribution in [0.1, 0.15) is 40.5 Å². The number of hydrogen-bond donors (Lipinski definition) is 1. The molecule has 0 saturated carbocycles. The fourth-order valence-electron chi connectivity index (χ4n) is 1.68. The van der Waals surface area contributed by atoms with E-state index in [4.69, 9.17) is 9.47 Å². The standard InChI is InChI=1S/C17H29NO2/c1-5-15(4)20-17-8-6-7-16(13-17)18-10-12-19-11-9-14(2)3/h6-8,13-15,18H,5,9-12H2,1-4H3. The van der Waals surface area contributed by atoms with Gasteiger partial charge in [0.15, 0.2) is 0 Å². The van der Waals surface area contributed by atoms with Crippen LogP contribution in [0.25, 0.3) is 0 Å². The van der Waals surface area contributed by atoms with Gasteiger partial charge in [-0.25, -0.2) is 0 Å². The van der Waals surface area contributed by atoms with Gasteiger partial charge in [-0.05, 0) is 37.8 Å². The molecule has 3 heteroatoms. The highest BCUT2D eigenvalue weighted by Crippen LogP contribution is 2.19. The molecule has 3 nitrogen and oxygen atoms in total. The zero-order valence-corrected chi connectivity index (χ0v) is 13.3. The van der Waals surface area contributed by atoms with Crippen molar-refractivity contribution in [3.05, 3.63) is 24.3 Å². The van der Waals surface area contributed by atoms with Crippen molar-refractivity contribution < 1.29 is 9.47 Å². The molecule has 0 saturated heterocycles. The molecule has 0 aromatic heterocycles. The highest BCUT2D eigenvalue weighted by molar-refractivity contribution is 5.48. The molecule has 0 bridgehead atoms. The lowest BCUT2D eigenvalue weighted by atomic mass is 10.1. The summed E-state index contributed by atoms with van der Waals surface area (Å²) in [7, 11) is 0. The van der Waals surface area contributed by atoms with Crippen LogP contribution in [0.2, 0.25) is 0 Å². The van der Waals surface area contributed by atoms with Crippen molar-refractivity contribution in [2.24, 2.45) is 5.92 Å². The third-order valence-electron chi connectivity index (χ3n) is 3.16. The molecule has 1 aromatic rings. The highest BCUT2D eigenvalue weighted by Gasteiger charge is 2.01. The molecule has 0 aliphatic rings. The van der Waals surface area contributed by atoms with Crippen molar-refractivity contribution in [3.8, 4) is 5.75 Å². The maximum Gasteiger partial charge on any atom is 0.121 e. The third kappa shape index (κ3) is 7.39. The summed E-state index contributed by atoms with van der Waals surface area (Å²) in [6.07, 6.45) is 2.39. The molecule has 20 heavy (non-hydrogen) atoms. The van der Waals surface area contributed by atoms with Gasteiger partial charge in [0, 0.05) is 24.9 Å². The topological polar surface area (TPSA) is 30.5 Å². The summed E-state index contributed by atoms with van der Waals surface area (Å²) < 4.78 is 11.4. The Labute approximate surface area is 123 Å². The molecule has 0 aliphatic heterocycles. The van der Waals surface area contributed by atoms with Crippen LogP contribution in [0.15, 0.2) is 24.3 Å². The summed E-state index contributed by atoms with van der Waals surface area (Å²) in [5.74, 6) is 1.63. The number of anilines is 1. The quantitative estimate of drug-likeness (QED) is 0.646. The Kier molecular flexibility index (Phi) is 8.12. The number of hydrogen-bond acceptors (Lipinski definition) is 3. The average molecular weight is 279 g/mol. The smallest absolute Gasteiger partial charge is 0.121 e. The van der Waals surface area contributed by atoms with Crippen molar-refractivity contribution in [2.45, 2.75) is 46.6 Å². The fourth-order valence-corrected chi connectivity index (χ4v) is 1.68. The van der Waals surface area contributed by atoms with Crippen LogP contribution in [0, 0.1) is 5.92 Å². The van der Waals surface area contributed by atoms with Crippen molar-refractivity contribution in [1.29, 1.82) is 0 Å². The van der Waals surface area contributed by atoms with E-state index in [1.54, 1.807) is 0 Å². The Morgan fingerprint density at radius 3 is 2.65 bits per heavy atom. The molecule has 1 atom stereocenters. The molecule has 0 radical (unpaired) electrons. The minimum atomic E-state index is 0.254. The number of benzene rings is 1. The molecule has 1 unspecified atom stereocenters. The van der Waals surface area contributed by atoms with Gasteiger partial charge in [-0.2, -0.15) is 0 Å². The van der Waals surface area contributed by atoms with Crippen molar-refractivity contribution >= 4 is 5.69 Å². The SMILES string of the molecule is CCC(C)Oc1cccc(NCCOCCC(C)C)c1. The molecule has 1 rings (SSSR count). The summed E-state index contributed by atoms with van der Waals surface area (Å²) in [6.45, 7) is 11.0. The molecular formula is C17H29NO2. The zero-order valence-electron chi connectivity index (χ0n) is 13.3. The largest absolute Gasteiger partial charge is 0.491 e. The van der Waals surface area contributed by atoms with Gasteiger partial charge in [0.25, 0.3) is 0 Å². The summed E-state index contributed by atoms with van der Waals surface area (Å²) in [6, 6.07) is 8.11. The molecule has 0 amide bonds. The second kappa shape index (κ2) is 9.65. The molecular weight excluding hydrogens is 250 g/mol. The summed E-state index contributed by atoms with van der Waals surface area (Å²) in [4.78, 5) is 0. The Morgan fingerprint density at radius 2 is 1.95 bits per heavy atom. The minimum absolute atomic E-state index is 0.254. The Hall–Kier alpha value is -1.22. The maximum atomic E-state index is 5.80. The summed E-state index contributed by atoms with van der Waals surface area (Å²) in [5, 5.41) is 3.36. The van der Waals surface area contributed by atoms with Gasteiger partial charge in [0.1, 0.15) is 5.75 Å². The molecule has 1 N–H and O–H groups in total. The van der Waals surface area contributed by atoms with Crippen LogP contribution < -0.4 is 10.1 Å². The van der Waals surface area contributed by atoms with Crippen molar-refractivity contribution in [2.75, 3.05) is 25.1 Å². The van der Waals surface area contributed by atoms with E-state index in [1.165, 1.54) is 0 Å². The predicted molar refractivity (Wildman–Crippen MR) is 85.6 cm³/mol. The highest BCUT2D eigenvalue weighted by atomic mass is 16.5. The first-order chi connectivity index (χ1) is 9.61. The molecule has 0 heterocycles. The number of nitrogens with one attached hydrogen (secondary N) is 1. The number of rotatable bonds is 10. The summed E-state index contributed by atoms with van der Waals surface area (Å²) >= 11 is 0. The minimum Gasteiger partial charge on any atom is -0.491 e. The van der Waals surface area contributed by atoms with Gasteiger partial charge in [-0.3, -0.25) is 0 Å². The molecule has 0 spiro atoms. The lowest BCUT2D eigenvalue weighted by Crippen LogP contribution is -2.12. The van der Waals surface area contributed by atoms with Crippen LogP contribution in [-0.2, 0) is 4.74 Å². The van der Waals surface area contributed by atoms with E-state index in [2.05, 4.69) is 39.1 Å². The van der Waals surface area contributed by atoms with Crippen molar-refractivity contribution in [3.63, 3.8) is 0 Å². The fraction of sp³-hybridized carbons (Fsp3) is 0.647. The van der Waals surface area contributed by atoms with Gasteiger partial charge in [0.2, 0.25) is 0 Å². The van der Waals surface area contributed by atoms with Crippen molar-refractivity contribution in [1.82, 2.24) is 0 Å². The zero-order chi connectivity index (χ0) is 14.8. The molecule has 114 valence electrons. The van der Waals surface area contributed by atoms with E-state index >= 15 is 0 Å². The Bertz CT molecular complexity index is 366. The van der Waals surface area contributed by atoms with Gasteiger partial charge >= 0.3 is 0 Å². The normalized spacial score (nSPS) is 12.4. The van der Waals surface area contributed by atoms with Crippen LogP contribution in [-0.4, -0.2) is 25.9 Å². The maximum absolute atomic E-state index is 5.80. The first-order valence-electron chi connectivity index (χ1n) is 7.70. The van der Waals surface area contributed by atoms with Crippen LogP contribution in [0.4, 0.5) is 5.69 Å². The molecule has 0 fully saturated rings. The lowest BCUT2D eigenvalue weighted by Gasteiger charge is -2.14. The van der Waals surface area contributed by atoms with E-state index in [1.807, 2.05) is 18.2 Å². The van der Waals surface area contributed by atoms with Gasteiger partial charge in [-0.1, -0.05) is 26.8 Å². The Morgan fingerprint density at radius 1 is 1.15 bits per heavy atom. The first-order valence-corrected chi connectivity index (χ1v) is 7.70. The summed E-state index contributed by atoms with van der Waals surface area (Å²) in [5.41, 5.74) is 1.08. The number of ether oxygens (including phenoxy) is 2. The molecule has 1 aromatic carbocycles. The van der Waals surface area contributed by atoms with Crippen LogP contribution in [0.5, 0.6) is 5.75 Å². The third-order valence-corrected chi connectivity index (χ3v) is 3.16. The van der Waals surface area contributed by atoms with Gasteiger partial charge in [0.05, 0.1) is 12.7 Å². The van der Waals surface area contributed by atoms with Gasteiger partial charge < -0.3 is 14.8 Å². The van der Waals surface area contributed by atoms with E-state index in [-0.39, 0.29) is 6.10 Å². The second-order valence-electron chi connectivity index (χ2n) is 5.59. The van der Waals surface area contributed by atoms with Crippen LogP contribution in [0.3, 0.4) is 0 Å². The van der Waals surface area contributed by atoms with E-state index < -0.39 is 0 Å². The van der Waals surface area contributed by atoms with E-state index in [0.717, 1.165) is 44.0 Å². The lowest BCUT2D eigenvalue weighted by molar-refractivity contribution is 0.132. The van der Waals surface area contributed by atoms with Gasteiger partial charge in [-0.15, -0.1) is 0 Å². The predicted octanol–water partition coefficient (Wildman–Crippen LogP) is 4.34. The second-order valence-corrected chi connectivity index (χ2v) is 5.59. The first kappa shape index (κ1) is 16.8. The average Bonchev–Trinajstić information content (AvgIpc) is 2.42.